The Morgan fingerprint density at radius 2 is 2.30 bits per heavy atom. The van der Waals surface area contributed by atoms with Crippen LogP contribution in [0.5, 0.6) is 0 Å². The van der Waals surface area contributed by atoms with E-state index < -0.39 is 0 Å². The van der Waals surface area contributed by atoms with Gasteiger partial charge in [-0.1, -0.05) is 0 Å². The summed E-state index contributed by atoms with van der Waals surface area (Å²) in [6.45, 7) is 7.03. The smallest absolute Gasteiger partial charge is 0.291 e. The van der Waals surface area contributed by atoms with Crippen LogP contribution in [0.4, 0.5) is 11.5 Å². The second-order valence-electron chi connectivity index (χ2n) is 5.64. The fourth-order valence-corrected chi connectivity index (χ4v) is 3.92. The van der Waals surface area contributed by atoms with Crippen molar-refractivity contribution in [1.29, 1.82) is 0 Å². The summed E-state index contributed by atoms with van der Waals surface area (Å²) >= 11 is 3.49. The Morgan fingerprint density at radius 3 is 2.95 bits per heavy atom. The third kappa shape index (κ3) is 2.00. The summed E-state index contributed by atoms with van der Waals surface area (Å²) in [7, 11) is 0. The maximum atomic E-state index is 11.0. The molecule has 7 heteroatoms. The number of fused-ring (bicyclic) bond motifs is 1. The quantitative estimate of drug-likeness (QED) is 0.659. The van der Waals surface area contributed by atoms with Crippen LogP contribution < -0.4 is 10.2 Å². The summed E-state index contributed by atoms with van der Waals surface area (Å²) in [5.74, 6) is 2.11. The van der Waals surface area contributed by atoms with Crippen molar-refractivity contribution in [3.8, 4) is 0 Å². The van der Waals surface area contributed by atoms with Crippen molar-refractivity contribution in [2.45, 2.75) is 19.9 Å². The molecule has 6 nitrogen and oxygen atoms in total. The molecule has 0 aromatic carbocycles. The molecular formula is C13H17BrN4O2. The molecule has 2 saturated heterocycles. The highest BCUT2D eigenvalue weighted by molar-refractivity contribution is 9.10. The fraction of sp³-hybridized carbons (Fsp3) is 0.615. The third-order valence-electron chi connectivity index (χ3n) is 4.62. The van der Waals surface area contributed by atoms with Crippen molar-refractivity contribution in [2.24, 2.45) is 11.8 Å². The molecule has 3 heterocycles. The molecular weight excluding hydrogens is 324 g/mol. The lowest BCUT2D eigenvalue weighted by Gasteiger charge is -2.26. The Balaban J connectivity index is 1.95. The van der Waals surface area contributed by atoms with Crippen LogP contribution in [0, 0.1) is 28.9 Å². The van der Waals surface area contributed by atoms with Gasteiger partial charge in [0.15, 0.2) is 0 Å². The molecule has 2 fully saturated rings. The topological polar surface area (TPSA) is 71.3 Å². The van der Waals surface area contributed by atoms with Gasteiger partial charge in [0, 0.05) is 31.2 Å². The molecule has 1 aromatic rings. The Bertz CT molecular complexity index is 566. The molecule has 0 amide bonds. The summed E-state index contributed by atoms with van der Waals surface area (Å²) < 4.78 is 0.742. The minimum absolute atomic E-state index is 0.0642. The molecule has 0 aliphatic carbocycles. The number of anilines is 1. The van der Waals surface area contributed by atoms with Crippen LogP contribution in [0.1, 0.15) is 12.5 Å². The molecule has 2 aliphatic heterocycles. The maximum Gasteiger partial charge on any atom is 0.291 e. The number of pyridine rings is 1. The van der Waals surface area contributed by atoms with E-state index in [2.05, 4.69) is 38.1 Å². The van der Waals surface area contributed by atoms with Gasteiger partial charge in [-0.05, 0) is 41.6 Å². The molecule has 20 heavy (non-hydrogen) atoms. The van der Waals surface area contributed by atoms with Gasteiger partial charge in [0.25, 0.3) is 5.69 Å². The third-order valence-corrected chi connectivity index (χ3v) is 5.57. The highest BCUT2D eigenvalue weighted by atomic mass is 79.9. The number of aromatic nitrogens is 1. The summed E-state index contributed by atoms with van der Waals surface area (Å²) in [6, 6.07) is 0.402. The van der Waals surface area contributed by atoms with Gasteiger partial charge in [0.1, 0.15) is 12.0 Å². The first-order valence-corrected chi connectivity index (χ1v) is 7.57. The molecule has 0 bridgehead atoms. The number of rotatable bonds is 2. The number of nitrogens with zero attached hydrogens (tertiary/aromatic N) is 3. The van der Waals surface area contributed by atoms with E-state index in [9.17, 15) is 10.1 Å². The Labute approximate surface area is 125 Å². The van der Waals surface area contributed by atoms with E-state index in [1.807, 2.05) is 0 Å². The van der Waals surface area contributed by atoms with Crippen LogP contribution in [0.15, 0.2) is 10.7 Å². The maximum absolute atomic E-state index is 11.0. The molecule has 3 unspecified atom stereocenters. The molecule has 2 aliphatic rings. The SMILES string of the molecule is Cc1c([N+](=O)[O-])cnc(N2CC3CNCC3C2C)c1Br. The van der Waals surface area contributed by atoms with Gasteiger partial charge in [0.05, 0.1) is 9.40 Å². The first kappa shape index (κ1) is 13.8. The summed E-state index contributed by atoms with van der Waals surface area (Å²) in [6.07, 6.45) is 1.37. The monoisotopic (exact) mass is 340 g/mol. The van der Waals surface area contributed by atoms with Crippen molar-refractivity contribution >= 4 is 27.4 Å². The van der Waals surface area contributed by atoms with Gasteiger partial charge in [-0.15, -0.1) is 0 Å². The lowest BCUT2D eigenvalue weighted by atomic mass is 9.95. The average molecular weight is 341 g/mol. The average Bonchev–Trinajstić information content (AvgIpc) is 2.96. The molecule has 1 aromatic heterocycles. The Kier molecular flexibility index (Phi) is 3.41. The van der Waals surface area contributed by atoms with Crippen molar-refractivity contribution in [3.05, 3.63) is 26.3 Å². The molecule has 108 valence electrons. The van der Waals surface area contributed by atoms with Crippen molar-refractivity contribution in [2.75, 3.05) is 24.5 Å². The van der Waals surface area contributed by atoms with E-state index in [0.717, 1.165) is 29.9 Å². The van der Waals surface area contributed by atoms with Gasteiger partial charge >= 0.3 is 0 Å². The number of nitro groups is 1. The lowest BCUT2D eigenvalue weighted by molar-refractivity contribution is -0.385. The second kappa shape index (κ2) is 4.96. The normalized spacial score (nSPS) is 28.8. The van der Waals surface area contributed by atoms with E-state index in [0.29, 0.717) is 23.4 Å². The van der Waals surface area contributed by atoms with Gasteiger partial charge in [0.2, 0.25) is 0 Å². The highest BCUT2D eigenvalue weighted by Gasteiger charge is 2.43. The van der Waals surface area contributed by atoms with E-state index in [1.54, 1.807) is 6.92 Å². The predicted molar refractivity (Wildman–Crippen MR) is 80.0 cm³/mol. The zero-order chi connectivity index (χ0) is 14.4. The van der Waals surface area contributed by atoms with E-state index >= 15 is 0 Å². The van der Waals surface area contributed by atoms with Gasteiger partial charge < -0.3 is 10.2 Å². The summed E-state index contributed by atoms with van der Waals surface area (Å²) in [5, 5.41) is 14.4. The zero-order valence-corrected chi connectivity index (χ0v) is 13.1. The van der Waals surface area contributed by atoms with Gasteiger partial charge in [-0.25, -0.2) is 4.98 Å². The molecule has 3 atom stereocenters. The van der Waals surface area contributed by atoms with Crippen molar-refractivity contribution in [3.63, 3.8) is 0 Å². The predicted octanol–water partition coefficient (Wildman–Crippen LogP) is 2.10. The molecule has 3 rings (SSSR count). The highest BCUT2D eigenvalue weighted by Crippen LogP contribution is 2.40. The molecule has 0 saturated carbocycles. The molecule has 0 spiro atoms. The zero-order valence-electron chi connectivity index (χ0n) is 11.5. The fourth-order valence-electron chi connectivity index (χ4n) is 3.39. The van der Waals surface area contributed by atoms with Crippen molar-refractivity contribution in [1.82, 2.24) is 10.3 Å². The Morgan fingerprint density at radius 1 is 1.55 bits per heavy atom. The van der Waals surface area contributed by atoms with Crippen molar-refractivity contribution < 1.29 is 4.92 Å². The van der Waals surface area contributed by atoms with Crippen LogP contribution in [-0.4, -0.2) is 35.6 Å². The van der Waals surface area contributed by atoms with E-state index in [-0.39, 0.29) is 10.6 Å². The number of hydrogen-bond acceptors (Lipinski definition) is 5. The van der Waals surface area contributed by atoms with Crippen LogP contribution in [0.2, 0.25) is 0 Å². The molecule has 1 N–H and O–H groups in total. The lowest BCUT2D eigenvalue weighted by Crippen LogP contribution is -2.34. The van der Waals surface area contributed by atoms with E-state index in [4.69, 9.17) is 0 Å². The first-order chi connectivity index (χ1) is 9.50. The number of hydrogen-bond donors (Lipinski definition) is 1. The van der Waals surface area contributed by atoms with E-state index in [1.165, 1.54) is 6.20 Å². The number of nitrogens with one attached hydrogen (secondary N) is 1. The van der Waals surface area contributed by atoms with Crippen LogP contribution >= 0.6 is 15.9 Å². The minimum Gasteiger partial charge on any atom is -0.352 e. The second-order valence-corrected chi connectivity index (χ2v) is 6.43. The largest absolute Gasteiger partial charge is 0.352 e. The van der Waals surface area contributed by atoms with Gasteiger partial charge in [-0.3, -0.25) is 10.1 Å². The minimum atomic E-state index is -0.386. The first-order valence-electron chi connectivity index (χ1n) is 6.77. The van der Waals surface area contributed by atoms with Crippen LogP contribution in [0.3, 0.4) is 0 Å². The van der Waals surface area contributed by atoms with Crippen LogP contribution in [0.25, 0.3) is 0 Å². The summed E-state index contributed by atoms with van der Waals surface area (Å²) in [5.41, 5.74) is 0.705. The molecule has 0 radical (unpaired) electrons. The van der Waals surface area contributed by atoms with Gasteiger partial charge in [-0.2, -0.15) is 0 Å². The number of halogens is 1. The Hall–Kier alpha value is -1.21. The summed E-state index contributed by atoms with van der Waals surface area (Å²) in [4.78, 5) is 17.2. The standard InChI is InChI=1S/C13H17BrN4O2/c1-7-11(18(19)20)5-16-13(12(7)14)17-6-9-3-15-4-10(9)8(17)2/h5,8-10,15H,3-4,6H2,1-2H3. The van der Waals surface area contributed by atoms with Crippen LogP contribution in [-0.2, 0) is 0 Å².